The Bertz CT molecular complexity index is 1680. The van der Waals surface area contributed by atoms with Crippen molar-refractivity contribution in [1.82, 2.24) is 28.8 Å². The molecule has 3 unspecified atom stereocenters. The summed E-state index contributed by atoms with van der Waals surface area (Å²) in [4.78, 5) is 45.9. The molecule has 188 valence electrons. The van der Waals surface area contributed by atoms with Gasteiger partial charge >= 0.3 is 0 Å². The van der Waals surface area contributed by atoms with E-state index in [1.54, 1.807) is 39.7 Å². The lowest BCUT2D eigenvalue weighted by Gasteiger charge is -2.43. The number of thioether (sulfide) groups is 1. The fourth-order valence-corrected chi connectivity index (χ4v) is 7.24. The number of benzene rings is 1. The quantitative estimate of drug-likeness (QED) is 0.375. The first-order valence-electron chi connectivity index (χ1n) is 12.3. The number of rotatable bonds is 3. The molecule has 3 aliphatic heterocycles. The first-order chi connectivity index (χ1) is 18.0. The van der Waals surface area contributed by atoms with Gasteiger partial charge in [0.2, 0.25) is 5.91 Å². The highest BCUT2D eigenvalue weighted by Gasteiger charge is 2.38. The van der Waals surface area contributed by atoms with E-state index < -0.39 is 0 Å². The van der Waals surface area contributed by atoms with E-state index in [9.17, 15) is 14.4 Å². The molecule has 7 rings (SSSR count). The van der Waals surface area contributed by atoms with Crippen molar-refractivity contribution in [2.75, 3.05) is 18.8 Å². The van der Waals surface area contributed by atoms with Crippen LogP contribution >= 0.6 is 23.4 Å². The summed E-state index contributed by atoms with van der Waals surface area (Å²) >= 11 is 7.51. The first-order valence-corrected chi connectivity index (χ1v) is 13.7. The van der Waals surface area contributed by atoms with Crippen LogP contribution in [0.4, 0.5) is 0 Å². The summed E-state index contributed by atoms with van der Waals surface area (Å²) in [6, 6.07) is 12.4. The highest BCUT2D eigenvalue weighted by atomic mass is 35.5. The predicted octanol–water partition coefficient (Wildman–Crippen LogP) is 3.08. The molecule has 3 aliphatic rings. The number of hydrogen-bond donors (Lipinski definition) is 0. The SMILES string of the molecule is O=C(CC1CSc2nc3c(cnn3-c3ccc(Cl)cc3)c(=O)n21)N1CC2CC(C1)c1cccc(=O)n1C2. The van der Waals surface area contributed by atoms with Crippen molar-refractivity contribution in [3.63, 3.8) is 0 Å². The molecular formula is C26H23ClN6O3S. The molecule has 2 bridgehead atoms. The lowest BCUT2D eigenvalue weighted by atomic mass is 9.83. The summed E-state index contributed by atoms with van der Waals surface area (Å²) in [5.41, 5.74) is 2.14. The Kier molecular flexibility index (Phi) is 5.30. The third-order valence-electron chi connectivity index (χ3n) is 7.68. The minimum absolute atomic E-state index is 0.0316. The number of hydrogen-bond acceptors (Lipinski definition) is 6. The van der Waals surface area contributed by atoms with Crippen molar-refractivity contribution in [2.45, 2.75) is 36.5 Å². The number of amides is 1. The maximum Gasteiger partial charge on any atom is 0.265 e. The fraction of sp³-hybridized carbons (Fsp3) is 0.346. The van der Waals surface area contributed by atoms with Crippen LogP contribution in [0, 0.1) is 5.92 Å². The molecular weight excluding hydrogens is 512 g/mol. The number of carbonyl (C=O) groups excluding carboxylic acids is 1. The van der Waals surface area contributed by atoms with E-state index >= 15 is 0 Å². The molecule has 1 amide bonds. The van der Waals surface area contributed by atoms with Crippen LogP contribution in [0.5, 0.6) is 0 Å². The van der Waals surface area contributed by atoms with Crippen molar-refractivity contribution in [3.8, 4) is 5.69 Å². The van der Waals surface area contributed by atoms with Crippen LogP contribution in [0.2, 0.25) is 5.02 Å². The summed E-state index contributed by atoms with van der Waals surface area (Å²) in [6.45, 7) is 1.89. The molecule has 11 heteroatoms. The Hall–Kier alpha value is -3.37. The van der Waals surface area contributed by atoms with Gasteiger partial charge in [-0.3, -0.25) is 19.0 Å². The van der Waals surface area contributed by atoms with Crippen molar-refractivity contribution in [2.24, 2.45) is 5.92 Å². The summed E-state index contributed by atoms with van der Waals surface area (Å²) in [7, 11) is 0. The van der Waals surface area contributed by atoms with Crippen LogP contribution in [-0.2, 0) is 11.3 Å². The van der Waals surface area contributed by atoms with Gasteiger partial charge in [-0.2, -0.15) is 5.10 Å². The average Bonchev–Trinajstić information content (AvgIpc) is 3.50. The molecule has 3 aromatic heterocycles. The van der Waals surface area contributed by atoms with Crippen LogP contribution in [0.1, 0.15) is 30.5 Å². The van der Waals surface area contributed by atoms with Gasteiger partial charge in [-0.1, -0.05) is 29.4 Å². The molecule has 1 fully saturated rings. The van der Waals surface area contributed by atoms with E-state index in [-0.39, 0.29) is 41.3 Å². The third-order valence-corrected chi connectivity index (χ3v) is 9.03. The molecule has 0 aliphatic carbocycles. The number of halogens is 1. The normalized spacial score (nSPS) is 22.2. The fourth-order valence-electron chi connectivity index (χ4n) is 5.98. The zero-order valence-electron chi connectivity index (χ0n) is 19.8. The van der Waals surface area contributed by atoms with Crippen LogP contribution in [-0.4, -0.2) is 53.5 Å². The van der Waals surface area contributed by atoms with Crippen molar-refractivity contribution >= 4 is 40.3 Å². The smallest absolute Gasteiger partial charge is 0.265 e. The summed E-state index contributed by atoms with van der Waals surface area (Å²) in [5, 5.41) is 6.05. The van der Waals surface area contributed by atoms with Gasteiger partial charge in [0, 0.05) is 54.5 Å². The standard InChI is InChI=1S/C26H23ClN6O3S/c27-17-4-6-18(7-5-17)33-24-20(10-28-33)25(36)32-19(14-37-26(32)29-24)9-23(35)30-11-15-8-16(13-30)21-2-1-3-22(34)31(21)12-15/h1-7,10,15-16,19H,8-9,11-14H2. The van der Waals surface area contributed by atoms with E-state index in [1.807, 2.05) is 27.7 Å². The Morgan fingerprint density at radius 3 is 2.76 bits per heavy atom. The Labute approximate surface area is 220 Å². The molecule has 37 heavy (non-hydrogen) atoms. The largest absolute Gasteiger partial charge is 0.342 e. The van der Waals surface area contributed by atoms with E-state index in [1.165, 1.54) is 11.8 Å². The minimum Gasteiger partial charge on any atom is -0.342 e. The van der Waals surface area contributed by atoms with Crippen molar-refractivity contribution in [3.05, 3.63) is 80.1 Å². The second-order valence-electron chi connectivity index (χ2n) is 10.0. The number of piperidine rings is 1. The van der Waals surface area contributed by atoms with Gasteiger partial charge in [-0.25, -0.2) is 9.67 Å². The van der Waals surface area contributed by atoms with Gasteiger partial charge < -0.3 is 9.47 Å². The number of fused-ring (bicyclic) bond motifs is 6. The lowest BCUT2D eigenvalue weighted by molar-refractivity contribution is -0.134. The molecule has 0 N–H and O–H groups in total. The Balaban J connectivity index is 1.15. The summed E-state index contributed by atoms with van der Waals surface area (Å²) in [5.74, 6) is 1.10. The Morgan fingerprint density at radius 2 is 1.92 bits per heavy atom. The van der Waals surface area contributed by atoms with Gasteiger partial charge in [0.1, 0.15) is 5.39 Å². The maximum absolute atomic E-state index is 13.5. The van der Waals surface area contributed by atoms with Crippen molar-refractivity contribution < 1.29 is 4.79 Å². The van der Waals surface area contributed by atoms with Crippen LogP contribution in [0.25, 0.3) is 16.7 Å². The summed E-state index contributed by atoms with van der Waals surface area (Å²) < 4.78 is 5.17. The molecule has 0 radical (unpaired) electrons. The highest BCUT2D eigenvalue weighted by molar-refractivity contribution is 7.99. The lowest BCUT2D eigenvalue weighted by Crippen LogP contribution is -2.49. The second kappa shape index (κ2) is 8.59. The van der Waals surface area contributed by atoms with Crippen molar-refractivity contribution in [1.29, 1.82) is 0 Å². The van der Waals surface area contributed by atoms with Crippen LogP contribution < -0.4 is 11.1 Å². The number of nitrogens with zero attached hydrogens (tertiary/aromatic N) is 6. The molecule has 9 nitrogen and oxygen atoms in total. The van der Waals surface area contributed by atoms with Gasteiger partial charge in [-0.05, 0) is 42.7 Å². The van der Waals surface area contributed by atoms with E-state index in [0.717, 1.165) is 17.8 Å². The van der Waals surface area contributed by atoms with Crippen LogP contribution in [0.15, 0.2) is 63.4 Å². The Morgan fingerprint density at radius 1 is 1.08 bits per heavy atom. The maximum atomic E-state index is 13.5. The predicted molar refractivity (Wildman–Crippen MR) is 141 cm³/mol. The third kappa shape index (κ3) is 3.73. The molecule has 0 saturated carbocycles. The number of likely N-dealkylation sites (tertiary alicyclic amines) is 1. The molecule has 6 heterocycles. The zero-order valence-corrected chi connectivity index (χ0v) is 21.4. The number of aromatic nitrogens is 5. The highest BCUT2D eigenvalue weighted by Crippen LogP contribution is 2.37. The number of pyridine rings is 1. The number of carbonyl (C=O) groups is 1. The van der Waals surface area contributed by atoms with Gasteiger partial charge in [-0.15, -0.1) is 0 Å². The van der Waals surface area contributed by atoms with Crippen LogP contribution in [0.3, 0.4) is 0 Å². The topological polar surface area (TPSA) is 95.0 Å². The molecule has 1 saturated heterocycles. The average molecular weight is 535 g/mol. The van der Waals surface area contributed by atoms with E-state index in [0.29, 0.717) is 46.6 Å². The summed E-state index contributed by atoms with van der Waals surface area (Å²) in [6.07, 6.45) is 2.79. The molecule has 4 aromatic rings. The second-order valence-corrected chi connectivity index (χ2v) is 11.4. The first kappa shape index (κ1) is 22.8. The zero-order chi connectivity index (χ0) is 25.3. The monoisotopic (exact) mass is 534 g/mol. The molecule has 1 aromatic carbocycles. The van der Waals surface area contributed by atoms with E-state index in [4.69, 9.17) is 16.6 Å². The molecule has 3 atom stereocenters. The minimum atomic E-state index is -0.257. The molecule has 0 spiro atoms. The van der Waals surface area contributed by atoms with E-state index in [2.05, 4.69) is 5.10 Å². The van der Waals surface area contributed by atoms with Gasteiger partial charge in [0.15, 0.2) is 10.8 Å². The van der Waals surface area contributed by atoms with Gasteiger partial charge in [0.25, 0.3) is 11.1 Å². The van der Waals surface area contributed by atoms with Gasteiger partial charge in [0.05, 0.1) is 17.9 Å².